The molecule has 0 bridgehead atoms. The lowest BCUT2D eigenvalue weighted by Crippen LogP contribution is -2.48. The molecule has 0 N–H and O–H groups in total. The largest absolute Gasteiger partial charge is 0.347 e. The van der Waals surface area contributed by atoms with Crippen LogP contribution in [0.4, 0.5) is 5.69 Å². The van der Waals surface area contributed by atoms with Gasteiger partial charge in [0.25, 0.3) is 0 Å². The molecule has 142 valence electrons. The minimum atomic E-state index is -0.471. The summed E-state index contributed by atoms with van der Waals surface area (Å²) in [5, 5.41) is 0. The Kier molecular flexibility index (Phi) is 5.63. The van der Waals surface area contributed by atoms with Crippen LogP contribution in [0.2, 0.25) is 0 Å². The summed E-state index contributed by atoms with van der Waals surface area (Å²) in [4.78, 5) is 28.2. The first-order chi connectivity index (χ1) is 12.4. The molecule has 2 saturated heterocycles. The molecule has 2 fully saturated rings. The molecule has 6 heteroatoms. The van der Waals surface area contributed by atoms with Gasteiger partial charge in [0.15, 0.2) is 5.79 Å². The van der Waals surface area contributed by atoms with Crippen LogP contribution in [0.1, 0.15) is 37.3 Å². The number of ether oxygens (including phenoxy) is 2. The fourth-order valence-corrected chi connectivity index (χ4v) is 3.82. The van der Waals surface area contributed by atoms with E-state index in [2.05, 4.69) is 6.07 Å². The van der Waals surface area contributed by atoms with E-state index in [0.29, 0.717) is 52.1 Å². The Labute approximate surface area is 155 Å². The number of hydrogen-bond donors (Lipinski definition) is 0. The Hall–Kier alpha value is -1.92. The van der Waals surface area contributed by atoms with Gasteiger partial charge in [-0.1, -0.05) is 6.07 Å². The highest BCUT2D eigenvalue weighted by molar-refractivity contribution is 5.92. The lowest BCUT2D eigenvalue weighted by molar-refractivity contribution is -0.187. The number of rotatable bonds is 4. The van der Waals surface area contributed by atoms with Crippen molar-refractivity contribution in [3.05, 3.63) is 29.3 Å². The van der Waals surface area contributed by atoms with Gasteiger partial charge in [-0.3, -0.25) is 9.59 Å². The van der Waals surface area contributed by atoms with Gasteiger partial charge in [0.2, 0.25) is 11.8 Å². The maximum absolute atomic E-state index is 12.6. The first-order valence-electron chi connectivity index (χ1n) is 9.31. The van der Waals surface area contributed by atoms with Crippen molar-refractivity contribution in [2.75, 3.05) is 37.7 Å². The van der Waals surface area contributed by atoms with E-state index in [4.69, 9.17) is 9.47 Å². The van der Waals surface area contributed by atoms with E-state index in [1.807, 2.05) is 30.9 Å². The lowest BCUT2D eigenvalue weighted by atomic mass is 10.0. The van der Waals surface area contributed by atoms with Crippen LogP contribution in [0.5, 0.6) is 0 Å². The molecule has 2 amide bonds. The van der Waals surface area contributed by atoms with Crippen LogP contribution in [0.3, 0.4) is 0 Å². The van der Waals surface area contributed by atoms with Crippen molar-refractivity contribution < 1.29 is 19.1 Å². The second kappa shape index (κ2) is 7.76. The number of carbonyl (C=O) groups excluding carboxylic acids is 2. The van der Waals surface area contributed by atoms with Gasteiger partial charge in [-0.25, -0.2) is 0 Å². The molecule has 1 aromatic carbocycles. The summed E-state index contributed by atoms with van der Waals surface area (Å²) in [5.74, 6) is -0.442. The third-order valence-electron chi connectivity index (χ3n) is 5.14. The van der Waals surface area contributed by atoms with Gasteiger partial charge in [-0.15, -0.1) is 0 Å². The van der Waals surface area contributed by atoms with E-state index < -0.39 is 5.79 Å². The molecule has 6 nitrogen and oxygen atoms in total. The molecule has 0 radical (unpaired) electrons. The Bertz CT molecular complexity index is 652. The summed E-state index contributed by atoms with van der Waals surface area (Å²) < 4.78 is 11.4. The van der Waals surface area contributed by atoms with Crippen molar-refractivity contribution in [1.29, 1.82) is 0 Å². The number of carbonyl (C=O) groups is 2. The smallest absolute Gasteiger partial charge is 0.224 e. The van der Waals surface area contributed by atoms with Gasteiger partial charge in [0.05, 0.1) is 13.2 Å². The molecule has 1 spiro atoms. The number of aryl methyl sites for hydroxylation is 2. The standard InChI is InChI=1S/C20H28N2O4/c1-15-12-16(2)14-18(13-15)22(17(3)23)7-4-19(24)21-8-5-20(6-9-21)25-10-11-26-20/h12-14H,4-11H2,1-3H3. The van der Waals surface area contributed by atoms with Crippen LogP contribution in [0.15, 0.2) is 18.2 Å². The maximum Gasteiger partial charge on any atom is 0.224 e. The third kappa shape index (κ3) is 4.24. The van der Waals surface area contributed by atoms with Crippen molar-refractivity contribution in [1.82, 2.24) is 4.90 Å². The zero-order chi connectivity index (χ0) is 18.7. The molecule has 0 saturated carbocycles. The van der Waals surface area contributed by atoms with Crippen molar-refractivity contribution in [3.63, 3.8) is 0 Å². The van der Waals surface area contributed by atoms with E-state index in [9.17, 15) is 9.59 Å². The molecule has 26 heavy (non-hydrogen) atoms. The fourth-order valence-electron chi connectivity index (χ4n) is 3.82. The number of piperidine rings is 1. The number of hydrogen-bond acceptors (Lipinski definition) is 4. The Morgan fingerprint density at radius 1 is 1.08 bits per heavy atom. The van der Waals surface area contributed by atoms with Crippen molar-refractivity contribution in [2.45, 2.75) is 45.8 Å². The topological polar surface area (TPSA) is 59.1 Å². The summed E-state index contributed by atoms with van der Waals surface area (Å²) in [7, 11) is 0. The van der Waals surface area contributed by atoms with Crippen LogP contribution in [-0.2, 0) is 19.1 Å². The quantitative estimate of drug-likeness (QED) is 0.827. The van der Waals surface area contributed by atoms with E-state index in [-0.39, 0.29) is 11.8 Å². The van der Waals surface area contributed by atoms with Gasteiger partial charge >= 0.3 is 0 Å². The predicted octanol–water partition coefficient (Wildman–Crippen LogP) is 2.41. The monoisotopic (exact) mass is 360 g/mol. The molecule has 0 aliphatic carbocycles. The first-order valence-corrected chi connectivity index (χ1v) is 9.31. The number of likely N-dealkylation sites (tertiary alicyclic amines) is 1. The van der Waals surface area contributed by atoms with Crippen molar-refractivity contribution >= 4 is 17.5 Å². The van der Waals surface area contributed by atoms with Gasteiger partial charge < -0.3 is 19.3 Å². The Morgan fingerprint density at radius 3 is 2.19 bits per heavy atom. The van der Waals surface area contributed by atoms with Gasteiger partial charge in [0, 0.05) is 51.5 Å². The Balaban J connectivity index is 1.57. The molecule has 0 atom stereocenters. The van der Waals surface area contributed by atoms with E-state index in [1.165, 1.54) is 0 Å². The molecule has 2 aliphatic rings. The second-order valence-electron chi connectivity index (χ2n) is 7.25. The third-order valence-corrected chi connectivity index (χ3v) is 5.14. The Morgan fingerprint density at radius 2 is 1.65 bits per heavy atom. The molecule has 1 aromatic rings. The minimum Gasteiger partial charge on any atom is -0.347 e. The number of amides is 2. The maximum atomic E-state index is 12.6. The summed E-state index contributed by atoms with van der Waals surface area (Å²) in [5.41, 5.74) is 3.07. The van der Waals surface area contributed by atoms with Crippen LogP contribution >= 0.6 is 0 Å². The van der Waals surface area contributed by atoms with E-state index in [0.717, 1.165) is 16.8 Å². The normalized spacial score (nSPS) is 19.0. The van der Waals surface area contributed by atoms with E-state index in [1.54, 1.807) is 11.8 Å². The zero-order valence-electron chi connectivity index (χ0n) is 15.9. The van der Waals surface area contributed by atoms with Gasteiger partial charge in [-0.05, 0) is 37.1 Å². The highest BCUT2D eigenvalue weighted by atomic mass is 16.7. The lowest BCUT2D eigenvalue weighted by Gasteiger charge is -2.37. The van der Waals surface area contributed by atoms with Gasteiger partial charge in [-0.2, -0.15) is 0 Å². The van der Waals surface area contributed by atoms with Gasteiger partial charge in [0.1, 0.15) is 0 Å². The first kappa shape index (κ1) is 18.9. The number of nitrogens with zero attached hydrogens (tertiary/aromatic N) is 2. The molecule has 0 aromatic heterocycles. The molecule has 0 unspecified atom stereocenters. The average molecular weight is 360 g/mol. The molecule has 2 heterocycles. The molecule has 3 rings (SSSR count). The number of benzene rings is 1. The zero-order valence-corrected chi connectivity index (χ0v) is 15.9. The molecular weight excluding hydrogens is 332 g/mol. The van der Waals surface area contributed by atoms with Crippen molar-refractivity contribution in [2.24, 2.45) is 0 Å². The number of anilines is 1. The summed E-state index contributed by atoms with van der Waals surface area (Å²) in [6, 6.07) is 6.04. The van der Waals surface area contributed by atoms with Crippen molar-refractivity contribution in [3.8, 4) is 0 Å². The van der Waals surface area contributed by atoms with Crippen LogP contribution < -0.4 is 4.90 Å². The van der Waals surface area contributed by atoms with Crippen LogP contribution in [0, 0.1) is 13.8 Å². The highest BCUT2D eigenvalue weighted by Gasteiger charge is 2.40. The van der Waals surface area contributed by atoms with E-state index >= 15 is 0 Å². The highest BCUT2D eigenvalue weighted by Crippen LogP contribution is 2.31. The average Bonchev–Trinajstić information content (AvgIpc) is 3.02. The summed E-state index contributed by atoms with van der Waals surface area (Å²) in [6.45, 7) is 8.51. The second-order valence-corrected chi connectivity index (χ2v) is 7.25. The van der Waals surface area contributed by atoms with Crippen LogP contribution in [0.25, 0.3) is 0 Å². The molecular formula is C20H28N2O4. The van der Waals surface area contributed by atoms with Crippen LogP contribution in [-0.4, -0.2) is 55.3 Å². The summed E-state index contributed by atoms with van der Waals surface area (Å²) >= 11 is 0. The minimum absolute atomic E-state index is 0.0480. The summed E-state index contributed by atoms with van der Waals surface area (Å²) in [6.07, 6.45) is 1.75. The predicted molar refractivity (Wildman–Crippen MR) is 99.0 cm³/mol. The molecule has 2 aliphatic heterocycles. The fraction of sp³-hybridized carbons (Fsp3) is 0.600. The SMILES string of the molecule is CC(=O)N(CCC(=O)N1CCC2(CC1)OCCO2)c1cc(C)cc(C)c1.